The van der Waals surface area contributed by atoms with Crippen LogP contribution in [-0.2, 0) is 11.8 Å². The highest BCUT2D eigenvalue weighted by atomic mass is 32.2. The Balaban J connectivity index is 1.72. The van der Waals surface area contributed by atoms with Crippen molar-refractivity contribution in [3.8, 4) is 0 Å². The molecule has 0 aliphatic carbocycles. The van der Waals surface area contributed by atoms with Crippen molar-refractivity contribution >= 4 is 17.7 Å². The van der Waals surface area contributed by atoms with Crippen LogP contribution >= 0.6 is 11.8 Å². The Morgan fingerprint density at radius 3 is 2.42 bits per heavy atom. The highest BCUT2D eigenvalue weighted by Gasteiger charge is 2.20. The van der Waals surface area contributed by atoms with E-state index in [2.05, 4.69) is 10.3 Å². The van der Waals surface area contributed by atoms with Crippen LogP contribution in [0.15, 0.2) is 78.0 Å². The summed E-state index contributed by atoms with van der Waals surface area (Å²) < 4.78 is 1.93. The summed E-state index contributed by atoms with van der Waals surface area (Å²) in [6.45, 7) is 0. The van der Waals surface area contributed by atoms with E-state index in [4.69, 9.17) is 0 Å². The van der Waals surface area contributed by atoms with Gasteiger partial charge in [-0.1, -0.05) is 48.5 Å². The molecule has 5 heteroatoms. The number of hydrogen-bond donors (Lipinski definition) is 1. The molecule has 0 radical (unpaired) electrons. The molecule has 24 heavy (non-hydrogen) atoms. The van der Waals surface area contributed by atoms with Gasteiger partial charge in [-0.25, -0.2) is 4.98 Å². The second-order valence-corrected chi connectivity index (χ2v) is 6.46. The fourth-order valence-corrected chi connectivity index (χ4v) is 3.20. The second-order valence-electron chi connectivity index (χ2n) is 5.41. The number of imidazole rings is 1. The predicted octanol–water partition coefficient (Wildman–Crippen LogP) is 3.42. The van der Waals surface area contributed by atoms with E-state index < -0.39 is 0 Å². The second kappa shape index (κ2) is 7.84. The summed E-state index contributed by atoms with van der Waals surface area (Å²) in [5.41, 5.74) is 1.02. The van der Waals surface area contributed by atoms with Gasteiger partial charge in [-0.15, -0.1) is 11.8 Å². The molecule has 4 nitrogen and oxygen atoms in total. The zero-order valence-electron chi connectivity index (χ0n) is 13.4. The summed E-state index contributed by atoms with van der Waals surface area (Å²) in [5, 5.41) is 3.10. The smallest absolute Gasteiger partial charge is 0.231 e. The summed E-state index contributed by atoms with van der Waals surface area (Å²) in [6.07, 6.45) is 3.63. The number of amides is 1. The number of carbonyl (C=O) groups is 1. The van der Waals surface area contributed by atoms with Crippen molar-refractivity contribution in [1.29, 1.82) is 0 Å². The Morgan fingerprint density at radius 2 is 1.79 bits per heavy atom. The van der Waals surface area contributed by atoms with Crippen molar-refractivity contribution < 1.29 is 4.79 Å². The van der Waals surface area contributed by atoms with E-state index in [-0.39, 0.29) is 11.9 Å². The van der Waals surface area contributed by atoms with Crippen LogP contribution in [0.3, 0.4) is 0 Å². The van der Waals surface area contributed by atoms with Gasteiger partial charge in [0.05, 0.1) is 5.75 Å². The molecule has 0 bridgehead atoms. The molecule has 0 spiro atoms. The molecule has 0 saturated carbocycles. The highest BCUT2D eigenvalue weighted by molar-refractivity contribution is 8.00. The average molecular weight is 337 g/mol. The highest BCUT2D eigenvalue weighted by Crippen LogP contribution is 2.21. The number of nitrogens with zero attached hydrogens (tertiary/aromatic N) is 2. The molecular weight excluding hydrogens is 318 g/mol. The molecule has 1 atom stereocenters. The van der Waals surface area contributed by atoms with Gasteiger partial charge >= 0.3 is 0 Å². The molecule has 0 aliphatic rings. The average Bonchev–Trinajstić information content (AvgIpc) is 3.05. The number of aryl methyl sites for hydroxylation is 1. The van der Waals surface area contributed by atoms with Crippen LogP contribution in [0.2, 0.25) is 0 Å². The van der Waals surface area contributed by atoms with Crippen LogP contribution in [0.5, 0.6) is 0 Å². The number of aromatic nitrogens is 2. The summed E-state index contributed by atoms with van der Waals surface area (Å²) in [6, 6.07) is 19.6. The first kappa shape index (κ1) is 16.3. The van der Waals surface area contributed by atoms with E-state index in [1.54, 1.807) is 6.20 Å². The molecule has 1 N–H and O–H groups in total. The molecule has 0 fully saturated rings. The first-order chi connectivity index (χ1) is 11.7. The van der Waals surface area contributed by atoms with Gasteiger partial charge in [0.25, 0.3) is 0 Å². The van der Waals surface area contributed by atoms with Crippen molar-refractivity contribution in [1.82, 2.24) is 14.9 Å². The van der Waals surface area contributed by atoms with E-state index >= 15 is 0 Å². The zero-order chi connectivity index (χ0) is 16.8. The molecular formula is C19H19N3OS. The van der Waals surface area contributed by atoms with Gasteiger partial charge in [0.1, 0.15) is 11.9 Å². The molecule has 0 saturated heterocycles. The number of thioether (sulfide) groups is 1. The normalized spacial score (nSPS) is 11.9. The van der Waals surface area contributed by atoms with E-state index in [0.29, 0.717) is 5.75 Å². The van der Waals surface area contributed by atoms with Crippen LogP contribution < -0.4 is 5.32 Å². The van der Waals surface area contributed by atoms with Crippen molar-refractivity contribution in [2.24, 2.45) is 7.05 Å². The molecule has 1 aromatic heterocycles. The monoisotopic (exact) mass is 337 g/mol. The van der Waals surface area contributed by atoms with Gasteiger partial charge in [0.15, 0.2) is 0 Å². The van der Waals surface area contributed by atoms with Crippen LogP contribution in [0.25, 0.3) is 0 Å². The van der Waals surface area contributed by atoms with Crippen molar-refractivity contribution in [2.75, 3.05) is 5.75 Å². The SMILES string of the molecule is Cn1ccnc1[C@@H](NC(=O)CSc1ccccc1)c1ccccc1. The summed E-state index contributed by atoms with van der Waals surface area (Å²) in [4.78, 5) is 17.9. The maximum absolute atomic E-state index is 12.4. The minimum atomic E-state index is -0.255. The van der Waals surface area contributed by atoms with E-state index in [0.717, 1.165) is 16.3 Å². The van der Waals surface area contributed by atoms with E-state index in [1.165, 1.54) is 11.8 Å². The maximum atomic E-state index is 12.4. The van der Waals surface area contributed by atoms with Crippen LogP contribution in [0.1, 0.15) is 17.4 Å². The summed E-state index contributed by atoms with van der Waals surface area (Å²) >= 11 is 1.53. The number of benzene rings is 2. The first-order valence-electron chi connectivity index (χ1n) is 7.73. The lowest BCUT2D eigenvalue weighted by molar-refractivity contribution is -0.119. The lowest BCUT2D eigenvalue weighted by Gasteiger charge is -2.19. The third-order valence-electron chi connectivity index (χ3n) is 3.67. The number of nitrogens with one attached hydrogen (secondary N) is 1. The van der Waals surface area contributed by atoms with Gasteiger partial charge in [-0.3, -0.25) is 4.79 Å². The van der Waals surface area contributed by atoms with Gasteiger partial charge < -0.3 is 9.88 Å². The van der Waals surface area contributed by atoms with Crippen LogP contribution in [0, 0.1) is 0 Å². The quantitative estimate of drug-likeness (QED) is 0.701. The number of hydrogen-bond acceptors (Lipinski definition) is 3. The van der Waals surface area contributed by atoms with Gasteiger partial charge in [-0.05, 0) is 17.7 Å². The Hall–Kier alpha value is -2.53. The Labute approximate surface area is 145 Å². The number of carbonyl (C=O) groups excluding carboxylic acids is 1. The van der Waals surface area contributed by atoms with Crippen molar-refractivity contribution in [3.05, 3.63) is 84.4 Å². The van der Waals surface area contributed by atoms with Gasteiger partial charge in [-0.2, -0.15) is 0 Å². The predicted molar refractivity (Wildman–Crippen MR) is 96.8 cm³/mol. The molecule has 1 heterocycles. The fourth-order valence-electron chi connectivity index (χ4n) is 2.47. The van der Waals surface area contributed by atoms with Crippen LogP contribution in [-0.4, -0.2) is 21.2 Å². The van der Waals surface area contributed by atoms with Gasteiger partial charge in [0, 0.05) is 24.3 Å². The summed E-state index contributed by atoms with van der Waals surface area (Å²) in [5.74, 6) is 1.18. The molecule has 3 aromatic rings. The molecule has 1 amide bonds. The van der Waals surface area contributed by atoms with Crippen molar-refractivity contribution in [2.45, 2.75) is 10.9 Å². The lowest BCUT2D eigenvalue weighted by atomic mass is 10.1. The van der Waals surface area contributed by atoms with Crippen LogP contribution in [0.4, 0.5) is 0 Å². The molecule has 2 aromatic carbocycles. The maximum Gasteiger partial charge on any atom is 0.231 e. The molecule has 3 rings (SSSR count). The standard InChI is InChI=1S/C19H19N3OS/c1-22-13-12-20-19(22)18(15-8-4-2-5-9-15)21-17(23)14-24-16-10-6-3-7-11-16/h2-13,18H,14H2,1H3,(H,21,23)/t18-/m0/s1. The minimum absolute atomic E-state index is 0.0132. The third-order valence-corrected chi connectivity index (χ3v) is 4.68. The Kier molecular flexibility index (Phi) is 5.33. The van der Waals surface area contributed by atoms with E-state index in [9.17, 15) is 4.79 Å². The fraction of sp³-hybridized carbons (Fsp3) is 0.158. The van der Waals surface area contributed by atoms with Crippen molar-refractivity contribution in [3.63, 3.8) is 0 Å². The zero-order valence-corrected chi connectivity index (χ0v) is 14.2. The largest absolute Gasteiger partial charge is 0.341 e. The van der Waals surface area contributed by atoms with Gasteiger partial charge in [0.2, 0.25) is 5.91 Å². The Bertz CT molecular complexity index is 787. The molecule has 0 unspecified atom stereocenters. The third kappa shape index (κ3) is 4.06. The minimum Gasteiger partial charge on any atom is -0.341 e. The Morgan fingerprint density at radius 1 is 1.12 bits per heavy atom. The summed E-state index contributed by atoms with van der Waals surface area (Å²) in [7, 11) is 1.93. The topological polar surface area (TPSA) is 46.9 Å². The number of rotatable bonds is 6. The first-order valence-corrected chi connectivity index (χ1v) is 8.72. The molecule has 0 aliphatic heterocycles. The molecule has 122 valence electrons. The van der Waals surface area contributed by atoms with E-state index in [1.807, 2.05) is 78.5 Å². The lowest BCUT2D eigenvalue weighted by Crippen LogP contribution is -2.32.